The number of fused-ring (bicyclic) bond motifs is 1. The van der Waals surface area contributed by atoms with Crippen molar-refractivity contribution in [1.29, 1.82) is 5.26 Å². The molecular weight excluding hydrogens is 390 g/mol. The van der Waals surface area contributed by atoms with E-state index in [-0.39, 0.29) is 29.3 Å². The van der Waals surface area contributed by atoms with Gasteiger partial charge in [-0.05, 0) is 30.3 Å². The summed E-state index contributed by atoms with van der Waals surface area (Å²) in [6, 6.07) is 8.14. The van der Waals surface area contributed by atoms with Crippen molar-refractivity contribution in [1.82, 2.24) is 4.98 Å². The summed E-state index contributed by atoms with van der Waals surface area (Å²) < 4.78 is 83.1. The maximum Gasteiger partial charge on any atom is 0.416 e. The number of halogens is 6. The Kier molecular flexibility index (Phi) is 4.62. The Morgan fingerprint density at radius 1 is 1.00 bits per heavy atom. The molecule has 2 aromatic carbocycles. The highest BCUT2D eigenvalue weighted by Crippen LogP contribution is 2.37. The number of carbonyl (C=O) groups excluding carboxylic acids is 1. The molecule has 0 aliphatic rings. The smallest absolute Gasteiger partial charge is 0.416 e. The fourth-order valence-electron chi connectivity index (χ4n) is 2.50. The molecule has 10 heteroatoms. The zero-order valence-electron chi connectivity index (χ0n) is 13.6. The highest BCUT2D eigenvalue weighted by Gasteiger charge is 2.38. The van der Waals surface area contributed by atoms with Crippen LogP contribution in [0.15, 0.2) is 46.9 Å². The topological polar surface area (TPSA) is 66.9 Å². The molecule has 0 radical (unpaired) electrons. The fraction of sp³-hybridized carbons (Fsp3) is 0.167. The molecule has 0 N–H and O–H groups in total. The van der Waals surface area contributed by atoms with Gasteiger partial charge in [0.25, 0.3) is 0 Å². The SMILES string of the molecule is N#C[C@H](C(=O)c1cc(C(F)(F)F)cc(C(F)(F)F)c1)c1nc2ccccc2o1. The molecule has 0 unspecified atom stereocenters. The molecule has 0 saturated carbocycles. The maximum atomic E-state index is 13.0. The van der Waals surface area contributed by atoms with Crippen LogP contribution < -0.4 is 0 Å². The van der Waals surface area contributed by atoms with Crippen LogP contribution in [-0.2, 0) is 12.4 Å². The van der Waals surface area contributed by atoms with Gasteiger partial charge in [-0.3, -0.25) is 4.79 Å². The number of benzene rings is 2. The van der Waals surface area contributed by atoms with Gasteiger partial charge in [-0.1, -0.05) is 12.1 Å². The van der Waals surface area contributed by atoms with Crippen LogP contribution in [0.5, 0.6) is 0 Å². The van der Waals surface area contributed by atoms with Gasteiger partial charge in [-0.25, -0.2) is 4.98 Å². The van der Waals surface area contributed by atoms with E-state index in [0.717, 1.165) is 0 Å². The fourth-order valence-corrected chi connectivity index (χ4v) is 2.50. The van der Waals surface area contributed by atoms with Crippen molar-refractivity contribution >= 4 is 16.9 Å². The number of rotatable bonds is 3. The molecule has 0 saturated heterocycles. The number of hydrogen-bond acceptors (Lipinski definition) is 4. The second kappa shape index (κ2) is 6.67. The number of hydrogen-bond donors (Lipinski definition) is 0. The van der Waals surface area contributed by atoms with Crippen LogP contribution in [0.4, 0.5) is 26.3 Å². The minimum atomic E-state index is -5.12. The van der Waals surface area contributed by atoms with E-state index in [0.29, 0.717) is 0 Å². The first-order valence-electron chi connectivity index (χ1n) is 7.59. The number of carbonyl (C=O) groups is 1. The van der Waals surface area contributed by atoms with Crippen molar-refractivity contribution in [2.75, 3.05) is 0 Å². The number of aromatic nitrogens is 1. The van der Waals surface area contributed by atoms with Gasteiger partial charge in [0.1, 0.15) is 5.52 Å². The molecule has 1 heterocycles. The third kappa shape index (κ3) is 3.69. The van der Waals surface area contributed by atoms with Crippen molar-refractivity contribution < 1.29 is 35.6 Å². The van der Waals surface area contributed by atoms with E-state index in [4.69, 9.17) is 4.42 Å². The minimum absolute atomic E-state index is 0.0996. The Morgan fingerprint density at radius 2 is 1.57 bits per heavy atom. The molecule has 0 aliphatic carbocycles. The molecule has 3 aromatic rings. The molecule has 0 aliphatic heterocycles. The van der Waals surface area contributed by atoms with Gasteiger partial charge >= 0.3 is 12.4 Å². The number of alkyl halides is 6. The number of para-hydroxylation sites is 2. The van der Waals surface area contributed by atoms with E-state index in [1.807, 2.05) is 0 Å². The van der Waals surface area contributed by atoms with Gasteiger partial charge in [0.05, 0.1) is 17.2 Å². The molecular formula is C18H8F6N2O2. The molecule has 0 bridgehead atoms. The average molecular weight is 398 g/mol. The first kappa shape index (κ1) is 19.4. The molecule has 0 amide bonds. The van der Waals surface area contributed by atoms with Crippen molar-refractivity contribution in [3.8, 4) is 6.07 Å². The van der Waals surface area contributed by atoms with Gasteiger partial charge in [0, 0.05) is 5.56 Å². The molecule has 0 spiro atoms. The number of nitriles is 1. The lowest BCUT2D eigenvalue weighted by Gasteiger charge is -2.14. The lowest BCUT2D eigenvalue weighted by atomic mass is 9.95. The van der Waals surface area contributed by atoms with Crippen LogP contribution in [0, 0.1) is 11.3 Å². The van der Waals surface area contributed by atoms with Crippen LogP contribution in [0.2, 0.25) is 0 Å². The Bertz CT molecular complexity index is 1030. The van der Waals surface area contributed by atoms with Crippen molar-refractivity contribution in [2.45, 2.75) is 18.3 Å². The van der Waals surface area contributed by atoms with Gasteiger partial charge in [0.2, 0.25) is 5.89 Å². The van der Waals surface area contributed by atoms with Crippen molar-refractivity contribution in [3.05, 3.63) is 65.0 Å². The van der Waals surface area contributed by atoms with Crippen molar-refractivity contribution in [3.63, 3.8) is 0 Å². The summed E-state index contributed by atoms with van der Waals surface area (Å²) in [4.78, 5) is 16.5. The first-order valence-corrected chi connectivity index (χ1v) is 7.59. The van der Waals surface area contributed by atoms with E-state index in [2.05, 4.69) is 4.98 Å². The standard InChI is InChI=1S/C18H8F6N2O2/c19-17(20,21)10-5-9(6-11(7-10)18(22,23)24)15(27)12(8-25)16-26-13-3-1-2-4-14(13)28-16/h1-7,12H/t12-/m1/s1. The summed E-state index contributed by atoms with van der Waals surface area (Å²) in [6.07, 6.45) is -10.2. The lowest BCUT2D eigenvalue weighted by molar-refractivity contribution is -0.143. The van der Waals surface area contributed by atoms with Crippen LogP contribution in [-0.4, -0.2) is 10.8 Å². The summed E-state index contributed by atoms with van der Waals surface area (Å²) in [5.41, 5.74) is -3.73. The Balaban J connectivity index is 2.10. The zero-order chi connectivity index (χ0) is 20.7. The first-order chi connectivity index (χ1) is 13.0. The number of Topliss-reactive ketones (excluding diaryl/α,β-unsaturated/α-hetero) is 1. The predicted octanol–water partition coefficient (Wildman–Crippen LogP) is 5.36. The molecule has 1 aromatic heterocycles. The maximum absolute atomic E-state index is 13.0. The molecule has 0 fully saturated rings. The van der Waals surface area contributed by atoms with Gasteiger partial charge < -0.3 is 4.42 Å². The number of ketones is 1. The third-order valence-corrected chi connectivity index (χ3v) is 3.82. The van der Waals surface area contributed by atoms with Gasteiger partial charge in [-0.2, -0.15) is 31.6 Å². The van der Waals surface area contributed by atoms with Crippen LogP contribution in [0.1, 0.15) is 33.3 Å². The second-order valence-corrected chi connectivity index (χ2v) is 5.74. The third-order valence-electron chi connectivity index (χ3n) is 3.82. The van der Waals surface area contributed by atoms with E-state index < -0.39 is 46.6 Å². The van der Waals surface area contributed by atoms with Gasteiger partial charge in [-0.15, -0.1) is 0 Å². The van der Waals surface area contributed by atoms with E-state index in [9.17, 15) is 36.4 Å². The molecule has 4 nitrogen and oxygen atoms in total. The summed E-state index contributed by atoms with van der Waals surface area (Å²) in [5.74, 6) is -3.51. The largest absolute Gasteiger partial charge is 0.439 e. The lowest BCUT2D eigenvalue weighted by Crippen LogP contribution is -2.16. The Morgan fingerprint density at radius 3 is 2.07 bits per heavy atom. The summed E-state index contributed by atoms with van der Waals surface area (Å²) in [5, 5.41) is 9.28. The molecule has 3 rings (SSSR count). The average Bonchev–Trinajstić information content (AvgIpc) is 3.04. The van der Waals surface area contributed by atoms with Crippen LogP contribution in [0.3, 0.4) is 0 Å². The summed E-state index contributed by atoms with van der Waals surface area (Å²) in [7, 11) is 0. The molecule has 144 valence electrons. The zero-order valence-corrected chi connectivity index (χ0v) is 13.6. The summed E-state index contributed by atoms with van der Waals surface area (Å²) >= 11 is 0. The van der Waals surface area contributed by atoms with E-state index in [1.54, 1.807) is 12.1 Å². The molecule has 28 heavy (non-hydrogen) atoms. The van der Waals surface area contributed by atoms with Crippen LogP contribution in [0.25, 0.3) is 11.1 Å². The Labute approximate surface area is 153 Å². The molecule has 1 atom stereocenters. The number of oxazole rings is 1. The Hall–Kier alpha value is -3.35. The summed E-state index contributed by atoms with van der Waals surface area (Å²) in [6.45, 7) is 0. The van der Waals surface area contributed by atoms with E-state index in [1.165, 1.54) is 18.2 Å². The normalized spacial score (nSPS) is 13.3. The predicted molar refractivity (Wildman–Crippen MR) is 83.1 cm³/mol. The quantitative estimate of drug-likeness (QED) is 0.440. The van der Waals surface area contributed by atoms with Crippen LogP contribution >= 0.6 is 0 Å². The second-order valence-electron chi connectivity index (χ2n) is 5.74. The monoisotopic (exact) mass is 398 g/mol. The highest BCUT2D eigenvalue weighted by atomic mass is 19.4. The van der Waals surface area contributed by atoms with E-state index >= 15 is 0 Å². The highest BCUT2D eigenvalue weighted by molar-refractivity contribution is 6.02. The minimum Gasteiger partial charge on any atom is -0.439 e. The number of nitrogens with zero attached hydrogens (tertiary/aromatic N) is 2. The van der Waals surface area contributed by atoms with Crippen molar-refractivity contribution in [2.24, 2.45) is 0 Å². The van der Waals surface area contributed by atoms with Gasteiger partial charge in [0.15, 0.2) is 17.3 Å².